The first kappa shape index (κ1) is 15.4. The van der Waals surface area contributed by atoms with Crippen LogP contribution in [-0.2, 0) is 6.42 Å². The van der Waals surface area contributed by atoms with Crippen molar-refractivity contribution in [1.29, 1.82) is 0 Å². The normalized spacial score (nSPS) is 12.6. The molecular weight excluding hydrogens is 362 g/mol. The minimum absolute atomic E-state index is 0.451. The van der Waals surface area contributed by atoms with E-state index in [-0.39, 0.29) is 0 Å². The fraction of sp³-hybridized carbons (Fsp3) is 0.286. The van der Waals surface area contributed by atoms with Gasteiger partial charge < -0.3 is 5.32 Å². The molecule has 0 aliphatic heterocycles. The predicted octanol–water partition coefficient (Wildman–Crippen LogP) is 5.09. The summed E-state index contributed by atoms with van der Waals surface area (Å²) in [5.41, 5.74) is 0. The van der Waals surface area contributed by atoms with E-state index in [1.54, 1.807) is 11.3 Å². The molecule has 102 valence electrons. The molecular formula is C14H15BrClNS2. The van der Waals surface area contributed by atoms with Gasteiger partial charge in [-0.15, -0.1) is 23.1 Å². The highest BCUT2D eigenvalue weighted by Crippen LogP contribution is 2.28. The van der Waals surface area contributed by atoms with Crippen LogP contribution in [0.5, 0.6) is 0 Å². The van der Waals surface area contributed by atoms with Gasteiger partial charge in [0, 0.05) is 26.0 Å². The molecule has 0 amide bonds. The van der Waals surface area contributed by atoms with Gasteiger partial charge in [0.15, 0.2) is 0 Å². The summed E-state index contributed by atoms with van der Waals surface area (Å²) >= 11 is 13.1. The summed E-state index contributed by atoms with van der Waals surface area (Å²) in [5.74, 6) is 1.04. The van der Waals surface area contributed by atoms with Crippen molar-refractivity contribution < 1.29 is 0 Å². The quantitative estimate of drug-likeness (QED) is 0.705. The molecule has 2 rings (SSSR count). The Labute approximate surface area is 135 Å². The Morgan fingerprint density at radius 1 is 1.32 bits per heavy atom. The molecule has 1 N–H and O–H groups in total. The summed E-state index contributed by atoms with van der Waals surface area (Å²) in [7, 11) is 2.01. The minimum Gasteiger partial charge on any atom is -0.316 e. The van der Waals surface area contributed by atoms with Crippen molar-refractivity contribution >= 4 is 50.6 Å². The Morgan fingerprint density at radius 3 is 2.74 bits per heavy atom. The van der Waals surface area contributed by atoms with Crippen molar-refractivity contribution in [2.24, 2.45) is 0 Å². The van der Waals surface area contributed by atoms with Crippen LogP contribution < -0.4 is 5.32 Å². The number of hydrogen-bond donors (Lipinski definition) is 1. The Hall–Kier alpha value is -0.0000000000000000278. The van der Waals surface area contributed by atoms with Crippen LogP contribution in [0.3, 0.4) is 0 Å². The lowest BCUT2D eigenvalue weighted by atomic mass is 10.2. The van der Waals surface area contributed by atoms with Gasteiger partial charge in [-0.2, -0.15) is 0 Å². The summed E-state index contributed by atoms with van der Waals surface area (Å²) in [6.45, 7) is 0. The number of likely N-dealkylation sites (N-methyl/N-ethyl adjacent to an activating group) is 1. The van der Waals surface area contributed by atoms with Crippen molar-refractivity contribution in [2.45, 2.75) is 17.4 Å². The van der Waals surface area contributed by atoms with Crippen LogP contribution in [0, 0.1) is 0 Å². The average molecular weight is 377 g/mol. The zero-order valence-electron chi connectivity index (χ0n) is 10.5. The third kappa shape index (κ3) is 4.80. The number of halogens is 2. The topological polar surface area (TPSA) is 12.0 Å². The van der Waals surface area contributed by atoms with Gasteiger partial charge in [-0.1, -0.05) is 23.7 Å². The maximum Gasteiger partial charge on any atom is 0.0931 e. The average Bonchev–Trinajstić information content (AvgIpc) is 2.81. The lowest BCUT2D eigenvalue weighted by molar-refractivity contribution is 0.622. The molecule has 1 atom stereocenters. The number of benzene rings is 1. The van der Waals surface area contributed by atoms with Crippen LogP contribution in [0.15, 0.2) is 45.8 Å². The first-order valence-electron chi connectivity index (χ1n) is 5.98. The molecule has 0 spiro atoms. The molecule has 0 aliphatic rings. The number of thioether (sulfide) groups is 1. The maximum atomic E-state index is 5.97. The van der Waals surface area contributed by atoms with Gasteiger partial charge >= 0.3 is 0 Å². The van der Waals surface area contributed by atoms with Crippen molar-refractivity contribution in [3.63, 3.8) is 0 Å². The van der Waals surface area contributed by atoms with Crippen LogP contribution in [0.4, 0.5) is 0 Å². The largest absolute Gasteiger partial charge is 0.316 e. The predicted molar refractivity (Wildman–Crippen MR) is 90.7 cm³/mol. The lowest BCUT2D eigenvalue weighted by Gasteiger charge is -2.15. The molecule has 19 heavy (non-hydrogen) atoms. The molecule has 1 aromatic carbocycles. The van der Waals surface area contributed by atoms with Crippen LogP contribution in [-0.4, -0.2) is 18.8 Å². The minimum atomic E-state index is 0.451. The van der Waals surface area contributed by atoms with Crippen LogP contribution in [0.25, 0.3) is 0 Å². The van der Waals surface area contributed by atoms with Crippen LogP contribution >= 0.6 is 50.6 Å². The second-order valence-electron chi connectivity index (χ2n) is 4.14. The summed E-state index contributed by atoms with van der Waals surface area (Å²) in [5, 5.41) is 3.38. The molecule has 0 fully saturated rings. The van der Waals surface area contributed by atoms with Crippen LogP contribution in [0.1, 0.15) is 4.88 Å². The molecule has 1 nitrogen and oxygen atoms in total. The zero-order chi connectivity index (χ0) is 13.7. The summed E-state index contributed by atoms with van der Waals surface area (Å²) in [6.07, 6.45) is 1.02. The highest BCUT2D eigenvalue weighted by atomic mass is 79.9. The Kier molecular flexibility index (Phi) is 6.23. The maximum absolute atomic E-state index is 5.97. The fourth-order valence-electron chi connectivity index (χ4n) is 1.70. The molecule has 1 unspecified atom stereocenters. The first-order valence-corrected chi connectivity index (χ1v) is 8.95. The molecule has 1 heterocycles. The van der Waals surface area contributed by atoms with E-state index in [0.29, 0.717) is 6.04 Å². The third-order valence-electron chi connectivity index (χ3n) is 2.76. The van der Waals surface area contributed by atoms with E-state index in [1.807, 2.05) is 30.9 Å². The van der Waals surface area contributed by atoms with E-state index in [9.17, 15) is 0 Å². The summed E-state index contributed by atoms with van der Waals surface area (Å²) in [6, 6.07) is 12.9. The second kappa shape index (κ2) is 7.70. The fourth-order valence-corrected chi connectivity index (χ4v) is 4.54. The van der Waals surface area contributed by atoms with E-state index < -0.39 is 0 Å². The molecule has 0 bridgehead atoms. The number of rotatable bonds is 6. The lowest BCUT2D eigenvalue weighted by Crippen LogP contribution is -2.29. The van der Waals surface area contributed by atoms with E-state index in [0.717, 1.165) is 21.0 Å². The molecule has 0 radical (unpaired) electrons. The molecule has 5 heteroatoms. The van der Waals surface area contributed by atoms with Gasteiger partial charge in [-0.25, -0.2) is 0 Å². The Bertz CT molecular complexity index is 530. The smallest absolute Gasteiger partial charge is 0.0931 e. The molecule has 0 saturated carbocycles. The van der Waals surface area contributed by atoms with Gasteiger partial charge in [-0.05, 0) is 53.7 Å². The summed E-state index contributed by atoms with van der Waals surface area (Å²) in [4.78, 5) is 2.61. The van der Waals surface area contributed by atoms with Crippen LogP contribution in [0.2, 0.25) is 4.34 Å². The second-order valence-corrected chi connectivity index (χ2v) is 7.85. The van der Waals surface area contributed by atoms with Gasteiger partial charge in [0.2, 0.25) is 0 Å². The van der Waals surface area contributed by atoms with Gasteiger partial charge in [-0.3, -0.25) is 0 Å². The molecule has 1 aromatic heterocycles. The van der Waals surface area contributed by atoms with E-state index in [4.69, 9.17) is 11.6 Å². The number of hydrogen-bond acceptors (Lipinski definition) is 3. The highest BCUT2D eigenvalue weighted by Gasteiger charge is 2.10. The van der Waals surface area contributed by atoms with Gasteiger partial charge in [0.25, 0.3) is 0 Å². The molecule has 0 saturated heterocycles. The van der Waals surface area contributed by atoms with Crippen molar-refractivity contribution in [2.75, 3.05) is 12.8 Å². The number of thiophene rings is 1. The van der Waals surface area contributed by atoms with Crippen molar-refractivity contribution in [3.05, 3.63) is 50.1 Å². The Balaban J connectivity index is 1.91. The third-order valence-corrected chi connectivity index (χ3v) is 6.20. The van der Waals surface area contributed by atoms with Gasteiger partial charge in [0.1, 0.15) is 0 Å². The van der Waals surface area contributed by atoms with Crippen molar-refractivity contribution in [3.8, 4) is 0 Å². The molecule has 0 aliphatic carbocycles. The van der Waals surface area contributed by atoms with E-state index in [1.165, 1.54) is 9.77 Å². The first-order chi connectivity index (χ1) is 9.19. The Morgan fingerprint density at radius 2 is 2.11 bits per heavy atom. The summed E-state index contributed by atoms with van der Waals surface area (Å²) < 4.78 is 2.03. The van der Waals surface area contributed by atoms with Gasteiger partial charge in [0.05, 0.1) is 4.34 Å². The monoisotopic (exact) mass is 375 g/mol. The molecule has 2 aromatic rings. The van der Waals surface area contributed by atoms with E-state index >= 15 is 0 Å². The van der Waals surface area contributed by atoms with E-state index in [2.05, 4.69) is 45.5 Å². The zero-order valence-corrected chi connectivity index (χ0v) is 14.5. The standard InChI is InChI=1S/C14H15BrClNS2/c1-17-10(8-11-6-7-14(16)19-11)9-18-13-5-3-2-4-12(13)15/h2-7,10,17H,8-9H2,1H3. The van der Waals surface area contributed by atoms with Crippen molar-refractivity contribution in [1.82, 2.24) is 5.32 Å². The highest BCUT2D eigenvalue weighted by molar-refractivity contribution is 9.10. The number of nitrogens with one attached hydrogen (secondary N) is 1. The SMILES string of the molecule is CNC(CSc1ccccc1Br)Cc1ccc(Cl)s1.